The van der Waals surface area contributed by atoms with Gasteiger partial charge in [0, 0.05) is 42.8 Å². The number of halogens is 1. The van der Waals surface area contributed by atoms with Gasteiger partial charge in [0.2, 0.25) is 5.91 Å². The first-order valence-electron chi connectivity index (χ1n) is 10.8. The van der Waals surface area contributed by atoms with Crippen molar-refractivity contribution in [3.8, 4) is 6.07 Å². The second-order valence-corrected chi connectivity index (χ2v) is 9.92. The third kappa shape index (κ3) is 4.69. The van der Waals surface area contributed by atoms with Gasteiger partial charge in [-0.05, 0) is 49.1 Å². The van der Waals surface area contributed by atoms with Crippen LogP contribution >= 0.6 is 11.8 Å². The molecule has 4 atom stereocenters. The molecular formula is C24H27FN4OS. The van der Waals surface area contributed by atoms with E-state index in [9.17, 15) is 9.18 Å². The number of aromatic nitrogens is 1. The number of pyridine rings is 1. The number of carbonyl (C=O) groups excluding carboxylic acids is 1. The molecule has 1 aromatic heterocycles. The number of hydrogen-bond donors (Lipinski definition) is 0. The van der Waals surface area contributed by atoms with E-state index in [1.807, 2.05) is 29.2 Å². The Kier molecular flexibility index (Phi) is 6.47. The number of benzene rings is 1. The number of nitriles is 1. The van der Waals surface area contributed by atoms with Crippen LogP contribution < -0.4 is 4.90 Å². The van der Waals surface area contributed by atoms with E-state index >= 15 is 0 Å². The van der Waals surface area contributed by atoms with Crippen LogP contribution in [0.3, 0.4) is 0 Å². The minimum atomic E-state index is -0.227. The van der Waals surface area contributed by atoms with E-state index in [0.717, 1.165) is 36.6 Å². The monoisotopic (exact) mass is 438 g/mol. The highest BCUT2D eigenvalue weighted by atomic mass is 32.2. The predicted octanol–water partition coefficient (Wildman–Crippen LogP) is 4.40. The molecule has 162 valence electrons. The number of anilines is 1. The Balaban J connectivity index is 1.32. The van der Waals surface area contributed by atoms with Gasteiger partial charge in [-0.25, -0.2) is 9.37 Å². The highest BCUT2D eigenvalue weighted by Gasteiger charge is 2.45. The first-order chi connectivity index (χ1) is 15.0. The molecule has 0 saturated carbocycles. The molecule has 2 saturated heterocycles. The van der Waals surface area contributed by atoms with Crippen LogP contribution in [0.2, 0.25) is 0 Å². The maximum atomic E-state index is 13.1. The van der Waals surface area contributed by atoms with Gasteiger partial charge in [-0.1, -0.05) is 19.1 Å². The van der Waals surface area contributed by atoms with E-state index in [0.29, 0.717) is 17.9 Å². The Morgan fingerprint density at radius 3 is 2.71 bits per heavy atom. The molecule has 2 fully saturated rings. The maximum Gasteiger partial charge on any atom is 0.223 e. The molecule has 5 nitrogen and oxygen atoms in total. The summed E-state index contributed by atoms with van der Waals surface area (Å²) in [5.41, 5.74) is 1.64. The van der Waals surface area contributed by atoms with E-state index < -0.39 is 0 Å². The summed E-state index contributed by atoms with van der Waals surface area (Å²) in [6.45, 7) is 5.78. The minimum absolute atomic E-state index is 0.204. The zero-order valence-corrected chi connectivity index (χ0v) is 18.7. The Morgan fingerprint density at radius 2 is 2.06 bits per heavy atom. The zero-order valence-electron chi connectivity index (χ0n) is 17.9. The fourth-order valence-corrected chi connectivity index (χ4v) is 5.70. The summed E-state index contributed by atoms with van der Waals surface area (Å²) >= 11 is 1.73. The fourth-order valence-electron chi connectivity index (χ4n) is 4.71. The van der Waals surface area contributed by atoms with E-state index in [4.69, 9.17) is 5.26 Å². The van der Waals surface area contributed by atoms with Crippen LogP contribution in [0.4, 0.5) is 10.2 Å². The van der Waals surface area contributed by atoms with Gasteiger partial charge < -0.3 is 9.80 Å². The van der Waals surface area contributed by atoms with E-state index in [1.165, 1.54) is 12.1 Å². The molecule has 31 heavy (non-hydrogen) atoms. The predicted molar refractivity (Wildman–Crippen MR) is 121 cm³/mol. The van der Waals surface area contributed by atoms with Crippen molar-refractivity contribution in [1.82, 2.24) is 9.88 Å². The van der Waals surface area contributed by atoms with Gasteiger partial charge >= 0.3 is 0 Å². The lowest BCUT2D eigenvalue weighted by Gasteiger charge is -2.42. The molecule has 2 aliphatic rings. The summed E-state index contributed by atoms with van der Waals surface area (Å²) in [5.74, 6) is 2.12. The quantitative estimate of drug-likeness (QED) is 0.669. The van der Waals surface area contributed by atoms with E-state index in [1.54, 1.807) is 18.0 Å². The summed E-state index contributed by atoms with van der Waals surface area (Å²) in [4.78, 5) is 21.8. The van der Waals surface area contributed by atoms with Crippen molar-refractivity contribution in [2.75, 3.05) is 23.7 Å². The molecule has 1 amide bonds. The molecule has 2 bridgehead atoms. The SMILES string of the molecule is CC(SCCC(=O)N1CC2C[C@@H](C)C(C1)N2c1ccc(C#N)cn1)c1ccc(F)cc1. The van der Waals surface area contributed by atoms with Crippen LogP contribution in [0, 0.1) is 23.1 Å². The van der Waals surface area contributed by atoms with E-state index in [2.05, 4.69) is 29.8 Å². The number of carbonyl (C=O) groups is 1. The molecule has 2 aromatic rings. The molecule has 4 rings (SSSR count). The average molecular weight is 439 g/mol. The summed E-state index contributed by atoms with van der Waals surface area (Å²) < 4.78 is 13.1. The molecule has 1 aromatic carbocycles. The van der Waals surface area contributed by atoms with Crippen LogP contribution in [0.25, 0.3) is 0 Å². The highest BCUT2D eigenvalue weighted by molar-refractivity contribution is 7.99. The van der Waals surface area contributed by atoms with Gasteiger partial charge in [0.05, 0.1) is 11.6 Å². The lowest BCUT2D eigenvalue weighted by Crippen LogP contribution is -2.56. The first kappa shape index (κ1) is 21.6. The molecule has 0 aliphatic carbocycles. The number of likely N-dealkylation sites (tertiary alicyclic amines) is 1. The van der Waals surface area contributed by atoms with Crippen LogP contribution in [-0.4, -0.2) is 46.7 Å². The van der Waals surface area contributed by atoms with Crippen LogP contribution in [-0.2, 0) is 4.79 Å². The lowest BCUT2D eigenvalue weighted by atomic mass is 10.0. The third-order valence-corrected chi connectivity index (χ3v) is 7.62. The Morgan fingerprint density at radius 1 is 1.29 bits per heavy atom. The number of rotatable bonds is 6. The zero-order chi connectivity index (χ0) is 22.0. The standard InChI is InChI=1S/C24H27FN4OS/c1-16-11-21-14-28(15-22(16)29(21)23-8-3-18(12-26)13-27-23)24(30)9-10-31-17(2)19-4-6-20(25)7-5-19/h3-8,13,16-17,21-22H,9-11,14-15H2,1-2H3/t16-,17?,21?,22?/m1/s1. The Labute approximate surface area is 187 Å². The van der Waals surface area contributed by atoms with Gasteiger partial charge in [-0.3, -0.25) is 4.79 Å². The van der Waals surface area contributed by atoms with Crippen molar-refractivity contribution in [3.63, 3.8) is 0 Å². The van der Waals surface area contributed by atoms with Crippen LogP contribution in [0.15, 0.2) is 42.6 Å². The fraction of sp³-hybridized carbons (Fsp3) is 0.458. The number of piperazine rings is 1. The molecule has 2 aliphatic heterocycles. The number of fused-ring (bicyclic) bond motifs is 2. The smallest absolute Gasteiger partial charge is 0.223 e. The maximum absolute atomic E-state index is 13.1. The van der Waals surface area contributed by atoms with Crippen LogP contribution in [0.5, 0.6) is 0 Å². The van der Waals surface area contributed by atoms with Gasteiger partial charge in [0.1, 0.15) is 17.7 Å². The summed E-state index contributed by atoms with van der Waals surface area (Å²) in [6, 6.07) is 13.0. The van der Waals surface area contributed by atoms with Crippen molar-refractivity contribution in [3.05, 3.63) is 59.5 Å². The molecule has 0 spiro atoms. The molecule has 0 radical (unpaired) electrons. The number of amides is 1. The number of nitrogens with zero attached hydrogens (tertiary/aromatic N) is 4. The summed E-state index contributed by atoms with van der Waals surface area (Å²) in [5, 5.41) is 9.24. The van der Waals surface area contributed by atoms with Gasteiger partial charge in [-0.2, -0.15) is 17.0 Å². The van der Waals surface area contributed by atoms with Gasteiger partial charge in [-0.15, -0.1) is 0 Å². The number of thioether (sulfide) groups is 1. The summed E-state index contributed by atoms with van der Waals surface area (Å²) in [7, 11) is 0. The molecule has 3 heterocycles. The highest BCUT2D eigenvalue weighted by Crippen LogP contribution is 2.38. The Bertz CT molecular complexity index is 959. The molecule has 3 unspecified atom stereocenters. The second kappa shape index (κ2) is 9.27. The van der Waals surface area contributed by atoms with Gasteiger partial charge in [0.15, 0.2) is 0 Å². The van der Waals surface area contributed by atoms with Crippen molar-refractivity contribution >= 4 is 23.5 Å². The molecule has 7 heteroatoms. The lowest BCUT2D eigenvalue weighted by molar-refractivity contribution is -0.131. The number of hydrogen-bond acceptors (Lipinski definition) is 5. The largest absolute Gasteiger partial charge is 0.347 e. The average Bonchev–Trinajstić information content (AvgIpc) is 2.98. The first-order valence-corrected chi connectivity index (χ1v) is 11.8. The van der Waals surface area contributed by atoms with Gasteiger partial charge in [0.25, 0.3) is 0 Å². The van der Waals surface area contributed by atoms with Crippen LogP contribution in [0.1, 0.15) is 43.1 Å². The minimum Gasteiger partial charge on any atom is -0.347 e. The van der Waals surface area contributed by atoms with Crippen molar-refractivity contribution in [1.29, 1.82) is 5.26 Å². The molecule has 0 N–H and O–H groups in total. The topological polar surface area (TPSA) is 60.2 Å². The van der Waals surface area contributed by atoms with E-state index in [-0.39, 0.29) is 29.1 Å². The Hall–Kier alpha value is -2.59. The normalized spacial score (nSPS) is 23.5. The summed E-state index contributed by atoms with van der Waals surface area (Å²) in [6.07, 6.45) is 3.18. The van der Waals surface area contributed by atoms with Crippen molar-refractivity contribution < 1.29 is 9.18 Å². The second-order valence-electron chi connectivity index (χ2n) is 8.47. The van der Waals surface area contributed by atoms with Crippen molar-refractivity contribution in [2.24, 2.45) is 5.92 Å². The van der Waals surface area contributed by atoms with Crippen molar-refractivity contribution in [2.45, 2.75) is 44.0 Å². The molecular weight excluding hydrogens is 411 g/mol. The third-order valence-electron chi connectivity index (χ3n) is 6.41.